The third kappa shape index (κ3) is 2.54. The highest BCUT2D eigenvalue weighted by Gasteiger charge is 2.33. The maximum absolute atomic E-state index is 12.7. The highest BCUT2D eigenvalue weighted by Crippen LogP contribution is 2.28. The monoisotopic (exact) mass is 213 g/mol. The Morgan fingerprint density at radius 1 is 1.36 bits per heavy atom. The molecule has 0 fully saturated rings. The van der Waals surface area contributed by atoms with Crippen LogP contribution in [0.3, 0.4) is 0 Å². The fourth-order valence-corrected chi connectivity index (χ4v) is 0.788. The van der Waals surface area contributed by atoms with Crippen LogP contribution in [0.25, 0.3) is 0 Å². The molecule has 78 valence electrons. The Balaban J connectivity index is 3.05. The molecule has 0 saturated heterocycles. The Hall–Kier alpha value is -1.40. The zero-order chi connectivity index (χ0) is 10.8. The van der Waals surface area contributed by atoms with Crippen LogP contribution in [0.2, 0.25) is 0 Å². The molecule has 0 aliphatic rings. The van der Waals surface area contributed by atoms with E-state index in [2.05, 4.69) is 9.72 Å². The van der Waals surface area contributed by atoms with E-state index in [-0.39, 0.29) is 0 Å². The molecule has 1 heterocycles. The van der Waals surface area contributed by atoms with E-state index in [0.29, 0.717) is 0 Å². The number of pyridine rings is 1. The minimum Gasteiger partial charge on any atom is -0.400 e. The summed E-state index contributed by atoms with van der Waals surface area (Å²) < 4.78 is 63.1. The molecule has 0 aliphatic heterocycles. The van der Waals surface area contributed by atoms with Crippen LogP contribution >= 0.6 is 0 Å². The van der Waals surface area contributed by atoms with Crippen molar-refractivity contribution in [1.82, 2.24) is 4.98 Å². The summed E-state index contributed by atoms with van der Waals surface area (Å²) in [6.07, 6.45) is -4.21. The van der Waals surface area contributed by atoms with E-state index in [1.165, 1.54) is 0 Å². The molecular formula is C7H4F5NO. The van der Waals surface area contributed by atoms with Crippen molar-refractivity contribution in [3.05, 3.63) is 23.8 Å². The maximum atomic E-state index is 12.7. The van der Waals surface area contributed by atoms with Crippen LogP contribution in [-0.4, -0.2) is 11.3 Å². The van der Waals surface area contributed by atoms with Gasteiger partial charge in [0.05, 0.1) is 0 Å². The van der Waals surface area contributed by atoms with Gasteiger partial charge in [-0.05, 0) is 6.07 Å². The average Bonchev–Trinajstić information content (AvgIpc) is 2.06. The minimum atomic E-state index is -5.06. The molecule has 0 aliphatic carbocycles. The number of hydrogen-bond acceptors (Lipinski definition) is 2. The Labute approximate surface area is 75.3 Å². The van der Waals surface area contributed by atoms with Crippen molar-refractivity contribution in [2.24, 2.45) is 0 Å². The van der Waals surface area contributed by atoms with Gasteiger partial charge in [-0.1, -0.05) is 0 Å². The highest BCUT2D eigenvalue weighted by molar-refractivity contribution is 5.30. The van der Waals surface area contributed by atoms with Gasteiger partial charge in [0, 0.05) is 11.8 Å². The fourth-order valence-electron chi connectivity index (χ4n) is 0.788. The van der Waals surface area contributed by atoms with Gasteiger partial charge in [0.15, 0.2) is 5.75 Å². The smallest absolute Gasteiger partial charge is 0.400 e. The predicted octanol–water partition coefficient (Wildman–Crippen LogP) is 2.59. The molecular weight excluding hydrogens is 209 g/mol. The van der Waals surface area contributed by atoms with Gasteiger partial charge in [-0.15, -0.1) is 13.2 Å². The second-order valence-corrected chi connectivity index (χ2v) is 2.27. The molecule has 0 saturated carbocycles. The van der Waals surface area contributed by atoms with Gasteiger partial charge in [0.2, 0.25) is 0 Å². The summed E-state index contributed by atoms with van der Waals surface area (Å²) in [5, 5.41) is 0. The number of aromatic nitrogens is 1. The summed E-state index contributed by atoms with van der Waals surface area (Å²) in [4.78, 5) is 2.91. The molecule has 1 aromatic rings. The van der Waals surface area contributed by atoms with E-state index in [0.717, 1.165) is 12.3 Å². The lowest BCUT2D eigenvalue weighted by molar-refractivity contribution is -0.276. The van der Waals surface area contributed by atoms with Crippen LogP contribution in [0.15, 0.2) is 12.3 Å². The number of hydrogen-bond donors (Lipinski definition) is 0. The number of ether oxygens (including phenoxy) is 1. The fraction of sp³-hybridized carbons (Fsp3) is 0.286. The summed E-state index contributed by atoms with van der Waals surface area (Å²) in [5.74, 6) is -2.71. The number of rotatable bonds is 2. The van der Waals surface area contributed by atoms with Crippen molar-refractivity contribution in [3.63, 3.8) is 0 Å². The normalized spacial score (nSPS) is 11.5. The van der Waals surface area contributed by atoms with Crippen LogP contribution < -0.4 is 4.74 Å². The van der Waals surface area contributed by atoms with Crippen LogP contribution in [-0.2, 0) is 6.67 Å². The second kappa shape index (κ2) is 3.77. The van der Waals surface area contributed by atoms with Gasteiger partial charge in [-0.3, -0.25) is 0 Å². The van der Waals surface area contributed by atoms with Gasteiger partial charge in [0.1, 0.15) is 6.67 Å². The van der Waals surface area contributed by atoms with Gasteiger partial charge >= 0.3 is 6.36 Å². The van der Waals surface area contributed by atoms with E-state index < -0.39 is 30.3 Å². The first kappa shape index (κ1) is 10.7. The molecule has 0 radical (unpaired) electrons. The van der Waals surface area contributed by atoms with E-state index in [1.807, 2.05) is 0 Å². The first-order valence-electron chi connectivity index (χ1n) is 3.39. The standard InChI is InChI=1S/C7H4F5NO/c8-3-4-1-2-13-6(9)5(4)14-7(10,11)12/h1-2H,3H2. The summed E-state index contributed by atoms with van der Waals surface area (Å²) in [7, 11) is 0. The summed E-state index contributed by atoms with van der Waals surface area (Å²) in [6.45, 7) is -1.26. The zero-order valence-corrected chi connectivity index (χ0v) is 6.61. The SMILES string of the molecule is FCc1ccnc(F)c1OC(F)(F)F. The third-order valence-corrected chi connectivity index (χ3v) is 1.30. The first-order chi connectivity index (χ1) is 6.44. The number of nitrogens with zero attached hydrogens (tertiary/aromatic N) is 1. The van der Waals surface area contributed by atoms with Crippen molar-refractivity contribution < 1.29 is 26.7 Å². The van der Waals surface area contributed by atoms with Crippen LogP contribution in [0.5, 0.6) is 5.75 Å². The van der Waals surface area contributed by atoms with E-state index in [4.69, 9.17) is 0 Å². The van der Waals surface area contributed by atoms with Crippen molar-refractivity contribution in [2.45, 2.75) is 13.0 Å². The second-order valence-electron chi connectivity index (χ2n) is 2.27. The first-order valence-corrected chi connectivity index (χ1v) is 3.39. The number of halogens is 5. The molecule has 0 atom stereocenters. The molecule has 0 bridgehead atoms. The topological polar surface area (TPSA) is 22.1 Å². The van der Waals surface area contributed by atoms with E-state index in [9.17, 15) is 22.0 Å². The van der Waals surface area contributed by atoms with Crippen LogP contribution in [0, 0.1) is 5.95 Å². The Kier molecular flexibility index (Phi) is 2.87. The van der Waals surface area contributed by atoms with E-state index >= 15 is 0 Å². The molecule has 0 amide bonds. The Bertz CT molecular complexity index is 324. The molecule has 7 heteroatoms. The lowest BCUT2D eigenvalue weighted by Gasteiger charge is -2.11. The van der Waals surface area contributed by atoms with E-state index in [1.54, 1.807) is 0 Å². The van der Waals surface area contributed by atoms with Gasteiger partial charge in [-0.25, -0.2) is 9.37 Å². The molecule has 1 rings (SSSR count). The Morgan fingerprint density at radius 3 is 2.50 bits per heavy atom. The summed E-state index contributed by atoms with van der Waals surface area (Å²) in [5.41, 5.74) is -0.533. The molecule has 14 heavy (non-hydrogen) atoms. The molecule has 0 spiro atoms. The lowest BCUT2D eigenvalue weighted by Crippen LogP contribution is -2.19. The Morgan fingerprint density at radius 2 is 2.00 bits per heavy atom. The van der Waals surface area contributed by atoms with Gasteiger partial charge < -0.3 is 4.74 Å². The van der Waals surface area contributed by atoms with Gasteiger partial charge in [0.25, 0.3) is 5.95 Å². The summed E-state index contributed by atoms with van der Waals surface area (Å²) >= 11 is 0. The van der Waals surface area contributed by atoms with Crippen LogP contribution in [0.4, 0.5) is 22.0 Å². The molecule has 0 unspecified atom stereocenters. The zero-order valence-electron chi connectivity index (χ0n) is 6.61. The minimum absolute atomic E-state index is 0.533. The highest BCUT2D eigenvalue weighted by atomic mass is 19.4. The molecule has 0 aromatic carbocycles. The van der Waals surface area contributed by atoms with Gasteiger partial charge in [-0.2, -0.15) is 4.39 Å². The number of alkyl halides is 4. The predicted molar refractivity (Wildman–Crippen MR) is 35.7 cm³/mol. The maximum Gasteiger partial charge on any atom is 0.573 e. The largest absolute Gasteiger partial charge is 0.573 e. The third-order valence-electron chi connectivity index (χ3n) is 1.30. The molecule has 2 nitrogen and oxygen atoms in total. The lowest BCUT2D eigenvalue weighted by atomic mass is 10.3. The quantitative estimate of drug-likeness (QED) is 0.556. The van der Waals surface area contributed by atoms with Crippen molar-refractivity contribution >= 4 is 0 Å². The van der Waals surface area contributed by atoms with Crippen molar-refractivity contribution in [1.29, 1.82) is 0 Å². The average molecular weight is 213 g/mol. The molecule has 0 N–H and O–H groups in total. The van der Waals surface area contributed by atoms with Crippen molar-refractivity contribution in [3.8, 4) is 5.75 Å². The molecule has 1 aromatic heterocycles. The summed E-state index contributed by atoms with van der Waals surface area (Å²) in [6, 6.07) is 0.907. The van der Waals surface area contributed by atoms with Crippen molar-refractivity contribution in [2.75, 3.05) is 0 Å². The van der Waals surface area contributed by atoms with Crippen LogP contribution in [0.1, 0.15) is 5.56 Å².